The predicted octanol–water partition coefficient (Wildman–Crippen LogP) is 5.09. The summed E-state index contributed by atoms with van der Waals surface area (Å²) in [5.41, 5.74) is -0.0232. The van der Waals surface area contributed by atoms with Crippen LogP contribution in [0.4, 0.5) is 13.2 Å². The van der Waals surface area contributed by atoms with E-state index in [2.05, 4.69) is 11.9 Å². The fourth-order valence-electron chi connectivity index (χ4n) is 2.96. The Morgan fingerprint density at radius 1 is 1.28 bits per heavy atom. The van der Waals surface area contributed by atoms with Crippen molar-refractivity contribution in [2.24, 2.45) is 5.92 Å². The van der Waals surface area contributed by atoms with Crippen LogP contribution in [0.25, 0.3) is 10.6 Å². The molecule has 3 rings (SSSR count). The summed E-state index contributed by atoms with van der Waals surface area (Å²) in [6.45, 7) is 3.60. The molecule has 0 spiro atoms. The van der Waals surface area contributed by atoms with Gasteiger partial charge in [-0.05, 0) is 37.3 Å². The van der Waals surface area contributed by atoms with Gasteiger partial charge in [0.05, 0.1) is 5.56 Å². The highest BCUT2D eigenvalue weighted by molar-refractivity contribution is 7.13. The van der Waals surface area contributed by atoms with Crippen LogP contribution in [0, 0.1) is 5.92 Å². The number of likely N-dealkylation sites (tertiary alicyclic amines) is 1. The minimum atomic E-state index is -4.39. The lowest BCUT2D eigenvalue weighted by Crippen LogP contribution is -2.32. The smallest absolute Gasteiger partial charge is 0.337 e. The monoisotopic (exact) mass is 368 g/mol. The molecule has 2 heterocycles. The number of carbonyl (C=O) groups is 1. The molecule has 0 aliphatic carbocycles. The number of halogens is 3. The molecule has 25 heavy (non-hydrogen) atoms. The molecule has 1 unspecified atom stereocenters. The molecule has 1 aliphatic rings. The Labute approximate surface area is 148 Å². The minimum absolute atomic E-state index is 0.136. The first-order valence-corrected chi connectivity index (χ1v) is 9.15. The molecular formula is C18H19F3N2OS. The fraction of sp³-hybridized carbons (Fsp3) is 0.444. The van der Waals surface area contributed by atoms with Crippen LogP contribution in [0.3, 0.4) is 0 Å². The summed E-state index contributed by atoms with van der Waals surface area (Å²) in [6.07, 6.45) is -1.35. The van der Waals surface area contributed by atoms with Crippen molar-refractivity contribution < 1.29 is 18.0 Å². The van der Waals surface area contributed by atoms with Crippen LogP contribution in [0.5, 0.6) is 0 Å². The van der Waals surface area contributed by atoms with Crippen LogP contribution in [0.15, 0.2) is 29.6 Å². The number of rotatable bonds is 2. The number of aromatic nitrogens is 1. The molecule has 1 saturated heterocycles. The molecule has 134 valence electrons. The van der Waals surface area contributed by atoms with Gasteiger partial charge in [-0.15, -0.1) is 11.3 Å². The molecule has 0 saturated carbocycles. The Hall–Kier alpha value is -1.89. The molecule has 7 heteroatoms. The highest BCUT2D eigenvalue weighted by atomic mass is 32.1. The van der Waals surface area contributed by atoms with Crippen LogP contribution in [-0.2, 0) is 6.18 Å². The Kier molecular flexibility index (Phi) is 5.13. The topological polar surface area (TPSA) is 33.2 Å². The first-order chi connectivity index (χ1) is 11.8. The van der Waals surface area contributed by atoms with E-state index >= 15 is 0 Å². The van der Waals surface area contributed by atoms with Gasteiger partial charge in [0.2, 0.25) is 0 Å². The zero-order valence-electron chi connectivity index (χ0n) is 13.8. The number of alkyl halides is 3. The second-order valence-electron chi connectivity index (χ2n) is 6.44. The van der Waals surface area contributed by atoms with E-state index in [1.54, 1.807) is 16.3 Å². The van der Waals surface area contributed by atoms with Gasteiger partial charge in [-0.3, -0.25) is 4.79 Å². The van der Waals surface area contributed by atoms with E-state index < -0.39 is 11.7 Å². The van der Waals surface area contributed by atoms with Gasteiger partial charge in [0.15, 0.2) is 0 Å². The number of amides is 1. The van der Waals surface area contributed by atoms with Gasteiger partial charge in [-0.1, -0.05) is 19.1 Å². The third-order valence-electron chi connectivity index (χ3n) is 4.46. The fourth-order valence-corrected chi connectivity index (χ4v) is 3.75. The first-order valence-electron chi connectivity index (χ1n) is 8.27. The van der Waals surface area contributed by atoms with E-state index in [-0.39, 0.29) is 5.91 Å². The lowest BCUT2D eigenvalue weighted by molar-refractivity contribution is -0.137. The summed E-state index contributed by atoms with van der Waals surface area (Å²) in [5.74, 6) is 0.470. The molecule has 1 aromatic heterocycles. The highest BCUT2D eigenvalue weighted by Gasteiger charge is 2.30. The van der Waals surface area contributed by atoms with Crippen LogP contribution >= 0.6 is 11.3 Å². The minimum Gasteiger partial charge on any atom is -0.337 e. The predicted molar refractivity (Wildman–Crippen MR) is 91.5 cm³/mol. The van der Waals surface area contributed by atoms with Crippen molar-refractivity contribution in [2.75, 3.05) is 13.1 Å². The number of nitrogens with zero attached hydrogens (tertiary/aromatic N) is 2. The summed E-state index contributed by atoms with van der Waals surface area (Å²) < 4.78 is 38.6. The van der Waals surface area contributed by atoms with E-state index in [1.165, 1.54) is 17.4 Å². The lowest BCUT2D eigenvalue weighted by atomic mass is 10.0. The second kappa shape index (κ2) is 7.15. The van der Waals surface area contributed by atoms with Crippen molar-refractivity contribution in [3.8, 4) is 10.6 Å². The van der Waals surface area contributed by atoms with Crippen molar-refractivity contribution in [1.29, 1.82) is 0 Å². The van der Waals surface area contributed by atoms with Crippen LogP contribution in [0.2, 0.25) is 0 Å². The number of carbonyl (C=O) groups excluding carboxylic acids is 1. The van der Waals surface area contributed by atoms with Crippen molar-refractivity contribution in [3.63, 3.8) is 0 Å². The van der Waals surface area contributed by atoms with E-state index in [9.17, 15) is 18.0 Å². The molecule has 2 aromatic rings. The molecule has 0 N–H and O–H groups in total. The van der Waals surface area contributed by atoms with Crippen molar-refractivity contribution in [1.82, 2.24) is 9.88 Å². The van der Waals surface area contributed by atoms with Gasteiger partial charge >= 0.3 is 6.18 Å². The average molecular weight is 368 g/mol. The molecule has 1 aromatic carbocycles. The van der Waals surface area contributed by atoms with Crippen molar-refractivity contribution >= 4 is 17.2 Å². The maximum absolute atomic E-state index is 12.9. The molecule has 1 atom stereocenters. The summed E-state index contributed by atoms with van der Waals surface area (Å²) in [5, 5.41) is 2.06. The summed E-state index contributed by atoms with van der Waals surface area (Å²) in [7, 11) is 0. The van der Waals surface area contributed by atoms with E-state index in [4.69, 9.17) is 0 Å². The van der Waals surface area contributed by atoms with Gasteiger partial charge in [0.1, 0.15) is 10.7 Å². The second-order valence-corrected chi connectivity index (χ2v) is 7.30. The average Bonchev–Trinajstić information content (AvgIpc) is 2.97. The Balaban J connectivity index is 1.79. The number of hydrogen-bond donors (Lipinski definition) is 0. The Morgan fingerprint density at radius 2 is 2.08 bits per heavy atom. The SMILES string of the molecule is CC1CCCN(C(=O)c2csc(-c3cccc(C(F)(F)F)c3)n2)CC1. The zero-order valence-corrected chi connectivity index (χ0v) is 14.7. The summed E-state index contributed by atoms with van der Waals surface area (Å²) in [4.78, 5) is 18.7. The quantitative estimate of drug-likeness (QED) is 0.740. The van der Waals surface area contributed by atoms with Gasteiger partial charge in [0.25, 0.3) is 5.91 Å². The van der Waals surface area contributed by atoms with Gasteiger partial charge < -0.3 is 4.90 Å². The summed E-state index contributed by atoms with van der Waals surface area (Å²) in [6, 6.07) is 5.04. The third kappa shape index (κ3) is 4.21. The third-order valence-corrected chi connectivity index (χ3v) is 5.36. The van der Waals surface area contributed by atoms with Gasteiger partial charge in [-0.2, -0.15) is 13.2 Å². The molecule has 1 amide bonds. The highest BCUT2D eigenvalue weighted by Crippen LogP contribution is 2.33. The summed E-state index contributed by atoms with van der Waals surface area (Å²) >= 11 is 1.19. The lowest BCUT2D eigenvalue weighted by Gasteiger charge is -2.19. The molecule has 0 radical (unpaired) electrons. The van der Waals surface area contributed by atoms with E-state index in [1.807, 2.05) is 0 Å². The molecule has 3 nitrogen and oxygen atoms in total. The Bertz CT molecular complexity index is 757. The van der Waals surface area contributed by atoms with E-state index in [0.717, 1.165) is 31.4 Å². The molecule has 1 aliphatic heterocycles. The molecule has 0 bridgehead atoms. The maximum atomic E-state index is 12.9. The van der Waals surface area contributed by atoms with Crippen molar-refractivity contribution in [2.45, 2.75) is 32.4 Å². The number of hydrogen-bond acceptors (Lipinski definition) is 3. The maximum Gasteiger partial charge on any atom is 0.416 e. The van der Waals surface area contributed by atoms with Crippen LogP contribution in [-0.4, -0.2) is 28.9 Å². The van der Waals surface area contributed by atoms with Crippen LogP contribution in [0.1, 0.15) is 42.2 Å². The standard InChI is InChI=1S/C18H19F3N2OS/c1-12-4-3-8-23(9-7-12)17(24)15-11-25-16(22-15)13-5-2-6-14(10-13)18(19,20)21/h2,5-6,10-12H,3-4,7-9H2,1H3. The number of benzene rings is 1. The zero-order chi connectivity index (χ0) is 18.0. The Morgan fingerprint density at radius 3 is 2.84 bits per heavy atom. The van der Waals surface area contributed by atoms with Gasteiger partial charge in [0, 0.05) is 24.0 Å². The van der Waals surface area contributed by atoms with Crippen LogP contribution < -0.4 is 0 Å². The molecular weight excluding hydrogens is 349 g/mol. The normalized spacial score (nSPS) is 18.9. The number of thiazole rings is 1. The van der Waals surface area contributed by atoms with Crippen molar-refractivity contribution in [3.05, 3.63) is 40.9 Å². The van der Waals surface area contributed by atoms with E-state index in [0.29, 0.717) is 35.3 Å². The van der Waals surface area contributed by atoms with Gasteiger partial charge in [-0.25, -0.2) is 4.98 Å². The largest absolute Gasteiger partial charge is 0.416 e. The first kappa shape index (κ1) is 17.9. The molecule has 1 fully saturated rings.